The van der Waals surface area contributed by atoms with Crippen LogP contribution in [0.2, 0.25) is 5.02 Å². The lowest BCUT2D eigenvalue weighted by Gasteiger charge is -2.27. The molecule has 7 nitrogen and oxygen atoms in total. The largest absolute Gasteiger partial charge is 0.306 e. The number of nitrogens with one attached hydrogen (secondary N) is 1. The summed E-state index contributed by atoms with van der Waals surface area (Å²) in [7, 11) is 0. The average molecular weight is 431 g/mol. The van der Waals surface area contributed by atoms with Crippen molar-refractivity contribution in [1.82, 2.24) is 29.8 Å². The Balaban J connectivity index is 1.31. The number of nitrogens with zero attached hydrogens (tertiary/aromatic N) is 5. The molecular formula is C23H19ClN6O. The smallest absolute Gasteiger partial charge is 0.255 e. The second-order valence-corrected chi connectivity index (χ2v) is 7.93. The average Bonchev–Trinajstić information content (AvgIpc) is 2.80. The molecule has 0 saturated carbocycles. The van der Waals surface area contributed by atoms with Crippen molar-refractivity contribution >= 4 is 11.6 Å². The van der Waals surface area contributed by atoms with E-state index in [1.807, 2.05) is 36.5 Å². The van der Waals surface area contributed by atoms with Crippen molar-refractivity contribution in [2.75, 3.05) is 6.54 Å². The Morgan fingerprint density at radius 1 is 1.06 bits per heavy atom. The van der Waals surface area contributed by atoms with Crippen LogP contribution in [0.25, 0.3) is 22.6 Å². The maximum atomic E-state index is 12.7. The van der Waals surface area contributed by atoms with Gasteiger partial charge in [-0.05, 0) is 23.8 Å². The molecule has 5 rings (SSSR count). The quantitative estimate of drug-likeness (QED) is 0.533. The SMILES string of the molecule is O=c1[nH]c(-c2cncnc2)nc2c1CN(Cc1ccc(-c3cccc(Cl)c3)nc1)CC2. The fraction of sp³-hybridized carbons (Fsp3) is 0.174. The monoisotopic (exact) mass is 430 g/mol. The summed E-state index contributed by atoms with van der Waals surface area (Å²) in [6, 6.07) is 11.7. The Hall–Kier alpha value is -3.42. The lowest BCUT2D eigenvalue weighted by molar-refractivity contribution is 0.241. The topological polar surface area (TPSA) is 87.7 Å². The van der Waals surface area contributed by atoms with Crippen molar-refractivity contribution in [2.45, 2.75) is 19.5 Å². The number of hydrogen-bond acceptors (Lipinski definition) is 6. The van der Waals surface area contributed by atoms with Gasteiger partial charge in [0.25, 0.3) is 5.56 Å². The Labute approximate surface area is 183 Å². The molecule has 0 radical (unpaired) electrons. The third-order valence-electron chi connectivity index (χ3n) is 5.33. The van der Waals surface area contributed by atoms with E-state index in [0.29, 0.717) is 29.4 Å². The molecule has 154 valence electrons. The lowest BCUT2D eigenvalue weighted by Crippen LogP contribution is -2.35. The number of pyridine rings is 1. The van der Waals surface area contributed by atoms with E-state index in [0.717, 1.165) is 41.2 Å². The third kappa shape index (κ3) is 4.23. The summed E-state index contributed by atoms with van der Waals surface area (Å²) >= 11 is 6.08. The number of aromatic nitrogens is 5. The van der Waals surface area contributed by atoms with E-state index in [2.05, 4.69) is 35.9 Å². The molecule has 4 aromatic rings. The highest BCUT2D eigenvalue weighted by Gasteiger charge is 2.21. The summed E-state index contributed by atoms with van der Waals surface area (Å²) < 4.78 is 0. The highest BCUT2D eigenvalue weighted by molar-refractivity contribution is 6.30. The number of rotatable bonds is 4. The summed E-state index contributed by atoms with van der Waals surface area (Å²) in [6.07, 6.45) is 7.34. The molecule has 31 heavy (non-hydrogen) atoms. The predicted octanol–water partition coefficient (Wildman–Crippen LogP) is 3.50. The molecule has 0 spiro atoms. The molecule has 0 bridgehead atoms. The molecule has 1 N–H and O–H groups in total. The van der Waals surface area contributed by atoms with Crippen LogP contribution in [0.5, 0.6) is 0 Å². The summed E-state index contributed by atoms with van der Waals surface area (Å²) in [4.78, 5) is 35.0. The van der Waals surface area contributed by atoms with Crippen LogP contribution in [0.15, 0.2) is 66.1 Å². The molecule has 0 saturated heterocycles. The van der Waals surface area contributed by atoms with E-state index < -0.39 is 0 Å². The normalized spacial score (nSPS) is 13.7. The van der Waals surface area contributed by atoms with Crippen LogP contribution < -0.4 is 5.56 Å². The first-order valence-corrected chi connectivity index (χ1v) is 10.3. The van der Waals surface area contributed by atoms with E-state index in [9.17, 15) is 4.79 Å². The van der Waals surface area contributed by atoms with Crippen molar-refractivity contribution in [3.8, 4) is 22.6 Å². The van der Waals surface area contributed by atoms with Crippen molar-refractivity contribution in [1.29, 1.82) is 0 Å². The summed E-state index contributed by atoms with van der Waals surface area (Å²) in [6.45, 7) is 2.10. The number of hydrogen-bond donors (Lipinski definition) is 1. The van der Waals surface area contributed by atoms with Gasteiger partial charge in [-0.3, -0.25) is 14.7 Å². The van der Waals surface area contributed by atoms with E-state index in [1.165, 1.54) is 6.33 Å². The van der Waals surface area contributed by atoms with Crippen LogP contribution in [0.4, 0.5) is 0 Å². The first kappa shape index (κ1) is 19.5. The molecule has 4 heterocycles. The van der Waals surface area contributed by atoms with Gasteiger partial charge in [-0.15, -0.1) is 0 Å². The second-order valence-electron chi connectivity index (χ2n) is 7.49. The van der Waals surface area contributed by atoms with Crippen LogP contribution in [0.1, 0.15) is 16.8 Å². The van der Waals surface area contributed by atoms with Gasteiger partial charge in [-0.25, -0.2) is 15.0 Å². The first-order chi connectivity index (χ1) is 15.2. The molecule has 1 aliphatic heterocycles. The van der Waals surface area contributed by atoms with Gasteiger partial charge in [0.1, 0.15) is 12.2 Å². The van der Waals surface area contributed by atoms with Crippen molar-refractivity contribution < 1.29 is 0 Å². The van der Waals surface area contributed by atoms with Crippen molar-refractivity contribution in [3.05, 3.63) is 93.5 Å². The highest BCUT2D eigenvalue weighted by atomic mass is 35.5. The van der Waals surface area contributed by atoms with Gasteiger partial charge in [-0.2, -0.15) is 0 Å². The van der Waals surface area contributed by atoms with Crippen molar-refractivity contribution in [2.24, 2.45) is 0 Å². The maximum Gasteiger partial charge on any atom is 0.255 e. The van der Waals surface area contributed by atoms with Gasteiger partial charge in [0.15, 0.2) is 0 Å². The molecule has 0 atom stereocenters. The number of H-pyrrole nitrogens is 1. The van der Waals surface area contributed by atoms with Crippen LogP contribution in [-0.4, -0.2) is 36.4 Å². The van der Waals surface area contributed by atoms with Crippen LogP contribution in [-0.2, 0) is 19.5 Å². The fourth-order valence-corrected chi connectivity index (χ4v) is 3.96. The van der Waals surface area contributed by atoms with E-state index in [4.69, 9.17) is 11.6 Å². The highest BCUT2D eigenvalue weighted by Crippen LogP contribution is 2.22. The van der Waals surface area contributed by atoms with E-state index in [-0.39, 0.29) is 5.56 Å². The van der Waals surface area contributed by atoms with Gasteiger partial charge < -0.3 is 4.98 Å². The fourth-order valence-electron chi connectivity index (χ4n) is 3.77. The van der Waals surface area contributed by atoms with Gasteiger partial charge >= 0.3 is 0 Å². The zero-order chi connectivity index (χ0) is 21.2. The Morgan fingerprint density at radius 2 is 1.94 bits per heavy atom. The third-order valence-corrected chi connectivity index (χ3v) is 5.57. The summed E-state index contributed by atoms with van der Waals surface area (Å²) in [5.41, 5.74) is 5.12. The minimum absolute atomic E-state index is 0.108. The molecule has 8 heteroatoms. The Bertz CT molecular complexity index is 1270. The Morgan fingerprint density at radius 3 is 2.71 bits per heavy atom. The van der Waals surface area contributed by atoms with E-state index in [1.54, 1.807) is 12.4 Å². The molecule has 1 aromatic carbocycles. The second kappa shape index (κ2) is 8.37. The zero-order valence-electron chi connectivity index (χ0n) is 16.6. The van der Waals surface area contributed by atoms with E-state index >= 15 is 0 Å². The van der Waals surface area contributed by atoms with Crippen molar-refractivity contribution in [3.63, 3.8) is 0 Å². The molecule has 0 fully saturated rings. The number of fused-ring (bicyclic) bond motifs is 1. The van der Waals surface area contributed by atoms with Crippen LogP contribution >= 0.6 is 11.6 Å². The standard InChI is InChI=1S/C23H19ClN6O/c24-18-3-1-2-16(8-18)20-5-4-15(9-27-20)12-30-7-6-21-19(13-30)23(31)29-22(28-21)17-10-25-14-26-11-17/h1-5,8-11,14H,6-7,12-13H2,(H,28,29,31). The molecular weight excluding hydrogens is 412 g/mol. The van der Waals surface area contributed by atoms with Gasteiger partial charge in [-0.1, -0.05) is 29.8 Å². The summed E-state index contributed by atoms with van der Waals surface area (Å²) in [5.74, 6) is 0.513. The van der Waals surface area contributed by atoms with Gasteiger partial charge in [0.05, 0.1) is 22.5 Å². The molecule has 0 amide bonds. The van der Waals surface area contributed by atoms with Crippen LogP contribution in [0.3, 0.4) is 0 Å². The molecule has 3 aromatic heterocycles. The molecule has 0 unspecified atom stereocenters. The zero-order valence-corrected chi connectivity index (χ0v) is 17.4. The number of benzene rings is 1. The first-order valence-electron chi connectivity index (χ1n) is 9.96. The van der Waals surface area contributed by atoms with Crippen LogP contribution in [0, 0.1) is 0 Å². The Kier molecular flexibility index (Phi) is 5.28. The lowest BCUT2D eigenvalue weighted by atomic mass is 10.1. The number of halogens is 1. The van der Waals surface area contributed by atoms with Gasteiger partial charge in [0.2, 0.25) is 0 Å². The minimum Gasteiger partial charge on any atom is -0.306 e. The maximum absolute atomic E-state index is 12.7. The number of aromatic amines is 1. The summed E-state index contributed by atoms with van der Waals surface area (Å²) in [5, 5.41) is 0.692. The predicted molar refractivity (Wildman–Crippen MR) is 118 cm³/mol. The van der Waals surface area contributed by atoms with Gasteiger partial charge in [0, 0.05) is 55.2 Å². The minimum atomic E-state index is -0.108. The molecule has 0 aliphatic carbocycles. The molecule has 1 aliphatic rings.